The first-order valence-corrected chi connectivity index (χ1v) is 10.8. The third kappa shape index (κ3) is 3.77. The zero-order chi connectivity index (χ0) is 16.5. The number of hydrogen-bond acceptors (Lipinski definition) is 5. The summed E-state index contributed by atoms with van der Waals surface area (Å²) in [6, 6.07) is 3.72. The second-order valence-electron chi connectivity index (χ2n) is 6.82. The van der Waals surface area contributed by atoms with Crippen molar-refractivity contribution in [2.75, 3.05) is 5.73 Å². The molecule has 0 aromatic carbocycles. The normalized spacial score (nSPS) is 12.6. The molecule has 2 aromatic heterocycles. The highest BCUT2D eigenvalue weighted by Gasteiger charge is 2.37. The number of nitrogens with zero attached hydrogens (tertiary/aromatic N) is 2. The van der Waals surface area contributed by atoms with Crippen LogP contribution in [0.2, 0.25) is 18.1 Å². The molecule has 2 N–H and O–H groups in total. The maximum Gasteiger partial charge on any atom is 0.192 e. The average Bonchev–Trinajstić information content (AvgIpc) is 2.87. The third-order valence-electron chi connectivity index (χ3n) is 4.10. The minimum Gasteiger partial charge on any atom is -0.411 e. The van der Waals surface area contributed by atoms with Crippen molar-refractivity contribution >= 4 is 30.1 Å². The molecule has 2 rings (SSSR count). The Labute approximate surface area is 140 Å². The maximum absolute atomic E-state index is 6.14. The lowest BCUT2D eigenvalue weighted by Gasteiger charge is -2.35. The van der Waals surface area contributed by atoms with E-state index >= 15 is 0 Å². The Hall–Kier alpha value is -1.18. The third-order valence-corrected chi connectivity index (χ3v) is 9.01. The molecule has 0 radical (unpaired) electrons. The summed E-state index contributed by atoms with van der Waals surface area (Å²) in [5.74, 6) is 1.01. The lowest BCUT2D eigenvalue weighted by Crippen LogP contribution is -2.40. The van der Waals surface area contributed by atoms with E-state index in [1.807, 2.05) is 12.1 Å². The van der Waals surface area contributed by atoms with Crippen molar-refractivity contribution in [3.05, 3.63) is 28.5 Å². The molecule has 0 spiro atoms. The Kier molecular flexibility index (Phi) is 4.79. The van der Waals surface area contributed by atoms with Crippen LogP contribution in [0, 0.1) is 0 Å². The van der Waals surface area contributed by atoms with E-state index in [0.717, 1.165) is 15.7 Å². The molecule has 0 bridgehead atoms. The molecular weight excluding hydrogens is 362 g/mol. The smallest absolute Gasteiger partial charge is 0.192 e. The summed E-state index contributed by atoms with van der Waals surface area (Å²) >= 11 is 3.38. The summed E-state index contributed by atoms with van der Waals surface area (Å²) in [6.45, 7) is 11.5. The van der Waals surface area contributed by atoms with Gasteiger partial charge in [-0.3, -0.25) is 0 Å². The predicted molar refractivity (Wildman–Crippen MR) is 93.8 cm³/mol. The lowest BCUT2D eigenvalue weighted by molar-refractivity contribution is 0.264. The lowest BCUT2D eigenvalue weighted by atomic mass is 10.2. The molecule has 0 aliphatic rings. The molecule has 22 heavy (non-hydrogen) atoms. The first-order chi connectivity index (χ1) is 10.1. The highest BCUT2D eigenvalue weighted by molar-refractivity contribution is 9.10. The van der Waals surface area contributed by atoms with E-state index in [1.54, 1.807) is 6.20 Å². The van der Waals surface area contributed by atoms with E-state index in [0.29, 0.717) is 18.2 Å². The highest BCUT2D eigenvalue weighted by Crippen LogP contribution is 2.37. The topological polar surface area (TPSA) is 74.2 Å². The number of pyridine rings is 1. The van der Waals surface area contributed by atoms with Gasteiger partial charge >= 0.3 is 0 Å². The van der Waals surface area contributed by atoms with Crippen molar-refractivity contribution in [2.45, 2.75) is 45.5 Å². The fraction of sp³-hybridized carbons (Fsp3) is 0.467. The van der Waals surface area contributed by atoms with E-state index in [1.165, 1.54) is 0 Å². The quantitative estimate of drug-likeness (QED) is 0.780. The predicted octanol–water partition coefficient (Wildman–Crippen LogP) is 4.60. The number of aromatic nitrogens is 2. The van der Waals surface area contributed by atoms with Crippen LogP contribution in [0.15, 0.2) is 27.3 Å². The standard InChI is InChI=1S/C15H22BrN3O2Si/c1-15(2,3)22(4,5)20-9-11-7-13(21-19-11)12-6-10(16)8-18-14(12)17/h6-8H,9H2,1-5H3,(H2,17,18). The number of hydrogen-bond donors (Lipinski definition) is 1. The number of nitrogens with two attached hydrogens (primary N) is 1. The van der Waals surface area contributed by atoms with Gasteiger partial charge in [0.25, 0.3) is 0 Å². The Morgan fingerprint density at radius 1 is 1.32 bits per heavy atom. The van der Waals surface area contributed by atoms with Crippen LogP contribution >= 0.6 is 15.9 Å². The number of rotatable bonds is 4. The maximum atomic E-state index is 6.14. The van der Waals surface area contributed by atoms with Gasteiger partial charge in [0, 0.05) is 16.7 Å². The summed E-state index contributed by atoms with van der Waals surface area (Å²) in [4.78, 5) is 4.10. The second kappa shape index (κ2) is 6.14. The average molecular weight is 384 g/mol. The van der Waals surface area contributed by atoms with Gasteiger partial charge in [-0.1, -0.05) is 25.9 Å². The SMILES string of the molecule is CC(C)(C)[Si](C)(C)OCc1cc(-c2cc(Br)cnc2N)on1. The fourth-order valence-electron chi connectivity index (χ4n) is 1.62. The van der Waals surface area contributed by atoms with Crippen LogP contribution < -0.4 is 5.73 Å². The Balaban J connectivity index is 2.14. The Bertz CT molecular complexity index is 665. The molecule has 120 valence electrons. The molecule has 7 heteroatoms. The molecule has 0 fully saturated rings. The molecule has 5 nitrogen and oxygen atoms in total. The van der Waals surface area contributed by atoms with Crippen LogP contribution in [0.5, 0.6) is 0 Å². The zero-order valence-corrected chi connectivity index (χ0v) is 16.2. The summed E-state index contributed by atoms with van der Waals surface area (Å²) in [5.41, 5.74) is 7.37. The van der Waals surface area contributed by atoms with Gasteiger partial charge in [-0.05, 0) is 40.1 Å². The number of anilines is 1. The molecule has 2 aromatic rings. The van der Waals surface area contributed by atoms with Gasteiger partial charge in [0.2, 0.25) is 0 Å². The molecule has 2 heterocycles. The summed E-state index contributed by atoms with van der Waals surface area (Å²) in [7, 11) is -1.80. The van der Waals surface area contributed by atoms with E-state index in [9.17, 15) is 0 Å². The first-order valence-electron chi connectivity index (χ1n) is 7.11. The highest BCUT2D eigenvalue weighted by atomic mass is 79.9. The van der Waals surface area contributed by atoms with Crippen LogP contribution in [0.4, 0.5) is 5.82 Å². The largest absolute Gasteiger partial charge is 0.411 e. The molecule has 0 saturated carbocycles. The van der Waals surface area contributed by atoms with Crippen molar-refractivity contribution in [3.63, 3.8) is 0 Å². The van der Waals surface area contributed by atoms with Crippen LogP contribution in [-0.2, 0) is 11.0 Å². The van der Waals surface area contributed by atoms with Crippen molar-refractivity contribution in [2.24, 2.45) is 0 Å². The summed E-state index contributed by atoms with van der Waals surface area (Å²) in [5, 5.41) is 4.24. The van der Waals surface area contributed by atoms with Crippen LogP contribution in [0.25, 0.3) is 11.3 Å². The molecule has 0 unspecified atom stereocenters. The van der Waals surface area contributed by atoms with E-state index < -0.39 is 8.32 Å². The molecule has 0 atom stereocenters. The van der Waals surface area contributed by atoms with Gasteiger partial charge in [0.15, 0.2) is 14.1 Å². The molecule has 0 amide bonds. The summed E-state index contributed by atoms with van der Waals surface area (Å²) < 4.78 is 12.4. The second-order valence-corrected chi connectivity index (χ2v) is 12.5. The van der Waals surface area contributed by atoms with Crippen molar-refractivity contribution in [1.82, 2.24) is 10.1 Å². The van der Waals surface area contributed by atoms with Gasteiger partial charge in [0.1, 0.15) is 11.5 Å². The van der Waals surface area contributed by atoms with E-state index in [4.69, 9.17) is 14.7 Å². The monoisotopic (exact) mass is 383 g/mol. The minimum atomic E-state index is -1.80. The van der Waals surface area contributed by atoms with E-state index in [-0.39, 0.29) is 5.04 Å². The van der Waals surface area contributed by atoms with Gasteiger partial charge < -0.3 is 14.7 Å². The van der Waals surface area contributed by atoms with Crippen LogP contribution in [0.3, 0.4) is 0 Å². The molecule has 0 saturated heterocycles. The molecular formula is C15H22BrN3O2Si. The molecule has 0 aliphatic carbocycles. The fourth-order valence-corrected chi connectivity index (χ4v) is 2.90. The van der Waals surface area contributed by atoms with Crippen molar-refractivity contribution in [1.29, 1.82) is 0 Å². The number of halogens is 1. The number of nitrogen functional groups attached to an aromatic ring is 1. The minimum absolute atomic E-state index is 0.165. The first kappa shape index (κ1) is 17.2. The van der Waals surface area contributed by atoms with Crippen molar-refractivity contribution < 1.29 is 8.95 Å². The van der Waals surface area contributed by atoms with E-state index in [2.05, 4.69) is 59.9 Å². The zero-order valence-electron chi connectivity index (χ0n) is 13.6. The van der Waals surface area contributed by atoms with Crippen molar-refractivity contribution in [3.8, 4) is 11.3 Å². The van der Waals surface area contributed by atoms with Crippen LogP contribution in [-0.4, -0.2) is 18.5 Å². The van der Waals surface area contributed by atoms with Gasteiger partial charge in [-0.25, -0.2) is 4.98 Å². The Morgan fingerprint density at radius 3 is 2.64 bits per heavy atom. The Morgan fingerprint density at radius 2 is 2.00 bits per heavy atom. The summed E-state index contributed by atoms with van der Waals surface area (Å²) in [6.07, 6.45) is 1.65. The molecule has 0 aliphatic heterocycles. The van der Waals surface area contributed by atoms with Gasteiger partial charge in [-0.2, -0.15) is 0 Å². The van der Waals surface area contributed by atoms with Gasteiger partial charge in [0.05, 0.1) is 12.2 Å². The van der Waals surface area contributed by atoms with Crippen LogP contribution in [0.1, 0.15) is 26.5 Å². The van der Waals surface area contributed by atoms with Gasteiger partial charge in [-0.15, -0.1) is 0 Å².